The zero-order valence-electron chi connectivity index (χ0n) is 29.1. The molecule has 6 nitrogen and oxygen atoms in total. The Bertz CT molecular complexity index is 2080. The molecule has 1 heterocycles. The van der Waals surface area contributed by atoms with Crippen LogP contribution in [0.5, 0.6) is 0 Å². The highest BCUT2D eigenvalue weighted by molar-refractivity contribution is 5.94. The summed E-state index contributed by atoms with van der Waals surface area (Å²) in [7, 11) is 2.16. The third-order valence-corrected chi connectivity index (χ3v) is 9.93. The smallest absolute Gasteiger partial charge is 0.251 e. The second-order valence-corrected chi connectivity index (χ2v) is 13.4. The molecule has 7 rings (SSSR count). The van der Waals surface area contributed by atoms with Gasteiger partial charge in [-0.3, -0.25) is 9.69 Å². The molecule has 51 heavy (non-hydrogen) atoms. The molecule has 0 bridgehead atoms. The van der Waals surface area contributed by atoms with E-state index >= 15 is 0 Å². The maximum absolute atomic E-state index is 12.7. The molecular formula is C45H44N2O4. The van der Waals surface area contributed by atoms with Gasteiger partial charge in [0.05, 0.1) is 18.8 Å². The molecule has 2 N–H and O–H groups in total. The van der Waals surface area contributed by atoms with Crippen LogP contribution < -0.4 is 5.32 Å². The number of hydrogen-bond acceptors (Lipinski definition) is 5. The molecule has 0 saturated carbocycles. The second-order valence-electron chi connectivity index (χ2n) is 13.4. The summed E-state index contributed by atoms with van der Waals surface area (Å²) in [5, 5.41) is 15.2. The Hall–Kier alpha value is -5.11. The van der Waals surface area contributed by atoms with E-state index in [0.29, 0.717) is 18.5 Å². The van der Waals surface area contributed by atoms with Crippen molar-refractivity contribution in [1.29, 1.82) is 0 Å². The van der Waals surface area contributed by atoms with E-state index in [0.717, 1.165) is 39.9 Å². The van der Waals surface area contributed by atoms with E-state index in [1.807, 2.05) is 60.7 Å². The Morgan fingerprint density at radius 2 is 1.47 bits per heavy atom. The number of likely N-dealkylation sites (N-methyl/N-ethyl adjacent to an activating group) is 1. The summed E-state index contributed by atoms with van der Waals surface area (Å²) in [4.78, 5) is 15.0. The molecule has 0 radical (unpaired) electrons. The van der Waals surface area contributed by atoms with Crippen LogP contribution in [-0.2, 0) is 22.6 Å². The average molecular weight is 677 g/mol. The van der Waals surface area contributed by atoms with Gasteiger partial charge in [0.1, 0.15) is 0 Å². The molecule has 1 aliphatic rings. The lowest BCUT2D eigenvalue weighted by Crippen LogP contribution is -2.38. The molecule has 6 aromatic carbocycles. The highest BCUT2D eigenvalue weighted by Gasteiger charge is 2.33. The van der Waals surface area contributed by atoms with Gasteiger partial charge in [0.2, 0.25) is 0 Å². The predicted octanol–water partition coefficient (Wildman–Crippen LogP) is 9.17. The zero-order valence-corrected chi connectivity index (χ0v) is 29.1. The third-order valence-electron chi connectivity index (χ3n) is 9.93. The highest BCUT2D eigenvalue weighted by atomic mass is 16.7. The molecule has 6 heteroatoms. The number of nitrogens with zero attached hydrogens (tertiary/aromatic N) is 1. The average Bonchev–Trinajstić information content (AvgIpc) is 3.19. The standard InChI is InChI=1S/C45H44N2O4/c1-31(37-23-22-34-11-6-7-14-39(34)25-37)47(2)29-42-27-43(35-20-18-32(30-48)19-21-35)51-45(50-42)41-17-9-16-40(26-41)38-15-8-10-33(24-38)28-46-44(49)36-12-4-3-5-13-36/h3-26,31,42-43,45,48H,27-30H2,1-2H3,(H,46,49)/t31-,42-,43+,45+/m1/s1. The van der Waals surface area contributed by atoms with Crippen LogP contribution in [0.3, 0.4) is 0 Å². The predicted molar refractivity (Wildman–Crippen MR) is 203 cm³/mol. The fourth-order valence-electron chi connectivity index (χ4n) is 6.83. The fraction of sp³-hybridized carbons (Fsp3) is 0.222. The Morgan fingerprint density at radius 3 is 2.25 bits per heavy atom. The number of aliphatic hydroxyl groups is 1. The van der Waals surface area contributed by atoms with Crippen LogP contribution in [-0.4, -0.2) is 35.6 Å². The Labute approximate surface area is 300 Å². The maximum atomic E-state index is 12.7. The number of benzene rings is 6. The lowest BCUT2D eigenvalue weighted by Gasteiger charge is -2.39. The van der Waals surface area contributed by atoms with Crippen molar-refractivity contribution in [2.75, 3.05) is 13.6 Å². The van der Waals surface area contributed by atoms with E-state index in [1.54, 1.807) is 0 Å². The molecule has 6 aromatic rings. The Balaban J connectivity index is 1.10. The largest absolute Gasteiger partial charge is 0.392 e. The van der Waals surface area contributed by atoms with E-state index in [1.165, 1.54) is 16.3 Å². The topological polar surface area (TPSA) is 71.0 Å². The van der Waals surface area contributed by atoms with E-state index in [9.17, 15) is 9.90 Å². The lowest BCUT2D eigenvalue weighted by atomic mass is 9.97. The van der Waals surface area contributed by atoms with Crippen LogP contribution in [0.25, 0.3) is 21.9 Å². The van der Waals surface area contributed by atoms with Crippen LogP contribution >= 0.6 is 0 Å². The summed E-state index contributed by atoms with van der Waals surface area (Å²) in [6.45, 7) is 3.41. The van der Waals surface area contributed by atoms with Crippen LogP contribution in [0.2, 0.25) is 0 Å². The molecule has 0 aromatic heterocycles. The Morgan fingerprint density at radius 1 is 0.745 bits per heavy atom. The van der Waals surface area contributed by atoms with Crippen molar-refractivity contribution in [3.05, 3.63) is 179 Å². The summed E-state index contributed by atoms with van der Waals surface area (Å²) in [5.74, 6) is -0.0954. The number of fused-ring (bicyclic) bond motifs is 1. The van der Waals surface area contributed by atoms with Gasteiger partial charge < -0.3 is 19.9 Å². The number of carbonyl (C=O) groups is 1. The normalized spacial score (nSPS) is 18.1. The lowest BCUT2D eigenvalue weighted by molar-refractivity contribution is -0.253. The van der Waals surface area contributed by atoms with Crippen LogP contribution in [0.4, 0.5) is 0 Å². The first kappa shape index (κ1) is 34.3. The van der Waals surface area contributed by atoms with Crippen LogP contribution in [0.15, 0.2) is 146 Å². The molecule has 0 unspecified atom stereocenters. The highest BCUT2D eigenvalue weighted by Crippen LogP contribution is 2.39. The molecular weight excluding hydrogens is 633 g/mol. The summed E-state index contributed by atoms with van der Waals surface area (Å²) < 4.78 is 13.5. The van der Waals surface area contributed by atoms with Gasteiger partial charge in [-0.1, -0.05) is 115 Å². The van der Waals surface area contributed by atoms with Crippen molar-refractivity contribution >= 4 is 16.7 Å². The summed E-state index contributed by atoms with van der Waals surface area (Å²) >= 11 is 0. The number of aliphatic hydroxyl groups excluding tert-OH is 1. The van der Waals surface area contributed by atoms with Gasteiger partial charge in [0.15, 0.2) is 6.29 Å². The summed E-state index contributed by atoms with van der Waals surface area (Å²) in [5.41, 5.74) is 7.91. The van der Waals surface area contributed by atoms with Gasteiger partial charge in [-0.2, -0.15) is 0 Å². The maximum Gasteiger partial charge on any atom is 0.251 e. The minimum Gasteiger partial charge on any atom is -0.392 e. The van der Waals surface area contributed by atoms with Crippen molar-refractivity contribution < 1.29 is 19.4 Å². The molecule has 0 spiro atoms. The molecule has 0 aliphatic carbocycles. The summed E-state index contributed by atoms with van der Waals surface area (Å²) in [6, 6.07) is 49.2. The fourth-order valence-corrected chi connectivity index (χ4v) is 6.83. The van der Waals surface area contributed by atoms with Crippen molar-refractivity contribution in [3.63, 3.8) is 0 Å². The number of carbonyl (C=O) groups excluding carboxylic acids is 1. The molecule has 258 valence electrons. The van der Waals surface area contributed by atoms with Gasteiger partial charge in [0, 0.05) is 36.7 Å². The van der Waals surface area contributed by atoms with E-state index < -0.39 is 6.29 Å². The number of nitrogens with one attached hydrogen (secondary N) is 1. The summed E-state index contributed by atoms with van der Waals surface area (Å²) in [6.07, 6.45) is -0.116. The van der Waals surface area contributed by atoms with E-state index in [-0.39, 0.29) is 30.8 Å². The van der Waals surface area contributed by atoms with Gasteiger partial charge in [-0.05, 0) is 88.5 Å². The van der Waals surface area contributed by atoms with Gasteiger partial charge in [0.25, 0.3) is 5.91 Å². The number of rotatable bonds is 11. The van der Waals surface area contributed by atoms with Crippen molar-refractivity contribution in [1.82, 2.24) is 10.2 Å². The minimum atomic E-state index is -0.566. The minimum absolute atomic E-state index is 0.00497. The first-order valence-electron chi connectivity index (χ1n) is 17.7. The third kappa shape index (κ3) is 8.28. The van der Waals surface area contributed by atoms with E-state index in [2.05, 4.69) is 109 Å². The van der Waals surface area contributed by atoms with Gasteiger partial charge in [-0.15, -0.1) is 0 Å². The Kier molecular flexibility index (Phi) is 10.7. The van der Waals surface area contributed by atoms with Gasteiger partial charge >= 0.3 is 0 Å². The van der Waals surface area contributed by atoms with Gasteiger partial charge in [-0.25, -0.2) is 0 Å². The van der Waals surface area contributed by atoms with Crippen molar-refractivity contribution in [3.8, 4) is 11.1 Å². The van der Waals surface area contributed by atoms with Crippen molar-refractivity contribution in [2.45, 2.75) is 51.0 Å². The molecule has 1 aliphatic heterocycles. The molecule has 4 atom stereocenters. The molecule has 1 amide bonds. The first-order chi connectivity index (χ1) is 24.9. The van der Waals surface area contributed by atoms with E-state index in [4.69, 9.17) is 9.47 Å². The number of ether oxygens (including phenoxy) is 2. The number of hydrogen-bond donors (Lipinski definition) is 2. The first-order valence-corrected chi connectivity index (χ1v) is 17.7. The molecule has 1 saturated heterocycles. The van der Waals surface area contributed by atoms with Crippen LogP contribution in [0, 0.1) is 0 Å². The van der Waals surface area contributed by atoms with Crippen LogP contribution in [0.1, 0.15) is 70.0 Å². The second kappa shape index (κ2) is 15.8. The molecule has 1 fully saturated rings. The SMILES string of the molecule is C[C@H](c1ccc2ccccc2c1)N(C)C[C@H]1C[C@@H](c2ccc(CO)cc2)O[C@@H](c2cccc(-c3cccc(CNC(=O)c4ccccc4)c3)c2)O1. The quantitative estimate of drug-likeness (QED) is 0.143. The number of amides is 1. The monoisotopic (exact) mass is 676 g/mol. The van der Waals surface area contributed by atoms with Crippen molar-refractivity contribution in [2.24, 2.45) is 0 Å². The zero-order chi connectivity index (χ0) is 35.2.